The Bertz CT molecular complexity index is 342. The summed E-state index contributed by atoms with van der Waals surface area (Å²) >= 11 is 0. The molecule has 0 bridgehead atoms. The van der Waals surface area contributed by atoms with Crippen molar-refractivity contribution in [3.8, 4) is 0 Å². The minimum absolute atomic E-state index is 0.771. The first kappa shape index (κ1) is 15.5. The molecule has 112 valence electrons. The van der Waals surface area contributed by atoms with Crippen molar-refractivity contribution in [3.63, 3.8) is 0 Å². The smallest absolute Gasteiger partial charge is 0.0234 e. The van der Waals surface area contributed by atoms with Crippen molar-refractivity contribution in [2.45, 2.75) is 58.0 Å². The van der Waals surface area contributed by atoms with E-state index in [1.807, 2.05) is 0 Å². The molecule has 1 N–H and O–H groups in total. The van der Waals surface area contributed by atoms with Crippen LogP contribution >= 0.6 is 0 Å². The number of hydrogen-bond donors (Lipinski definition) is 1. The van der Waals surface area contributed by atoms with Crippen LogP contribution in [0.5, 0.6) is 0 Å². The second-order valence-corrected chi connectivity index (χ2v) is 6.00. The Kier molecular flexibility index (Phi) is 7.10. The number of nitrogens with one attached hydrogen (secondary N) is 1. The molecular weight excluding hydrogens is 244 g/mol. The average Bonchev–Trinajstić information content (AvgIpc) is 2.76. The fraction of sp³-hybridized carbons (Fsp3) is 0.667. The second kappa shape index (κ2) is 9.15. The van der Waals surface area contributed by atoms with E-state index in [9.17, 15) is 0 Å². The number of rotatable bonds is 7. The van der Waals surface area contributed by atoms with Crippen LogP contribution in [0.25, 0.3) is 0 Å². The monoisotopic (exact) mass is 274 g/mol. The van der Waals surface area contributed by atoms with Crippen LogP contribution in [0, 0.1) is 0 Å². The summed E-state index contributed by atoms with van der Waals surface area (Å²) < 4.78 is 0. The molecule has 0 unspecified atom stereocenters. The van der Waals surface area contributed by atoms with Gasteiger partial charge in [0.25, 0.3) is 0 Å². The zero-order chi connectivity index (χ0) is 14.0. The predicted octanol–water partition coefficient (Wildman–Crippen LogP) is 3.82. The summed E-state index contributed by atoms with van der Waals surface area (Å²) in [6, 6.07) is 11.6. The highest BCUT2D eigenvalue weighted by molar-refractivity contribution is 5.14. The third-order valence-corrected chi connectivity index (χ3v) is 4.41. The lowest BCUT2D eigenvalue weighted by Gasteiger charge is -2.23. The fourth-order valence-corrected chi connectivity index (χ4v) is 3.10. The van der Waals surface area contributed by atoms with Gasteiger partial charge in [0.15, 0.2) is 0 Å². The Morgan fingerprint density at radius 3 is 2.40 bits per heavy atom. The molecule has 1 fully saturated rings. The molecule has 2 heteroatoms. The molecule has 0 atom stereocenters. The molecule has 0 radical (unpaired) electrons. The fourth-order valence-electron chi connectivity index (χ4n) is 3.10. The lowest BCUT2D eigenvalue weighted by molar-refractivity contribution is 0.271. The molecule has 2 rings (SSSR count). The molecule has 1 saturated carbocycles. The number of nitrogens with zero attached hydrogens (tertiary/aromatic N) is 1. The molecule has 20 heavy (non-hydrogen) atoms. The van der Waals surface area contributed by atoms with Crippen LogP contribution in [-0.2, 0) is 6.54 Å². The molecule has 1 aromatic carbocycles. The third kappa shape index (κ3) is 5.64. The van der Waals surface area contributed by atoms with Crippen LogP contribution in [0.1, 0.15) is 51.0 Å². The summed E-state index contributed by atoms with van der Waals surface area (Å²) in [5.74, 6) is 0. The van der Waals surface area contributed by atoms with Crippen molar-refractivity contribution < 1.29 is 0 Å². The van der Waals surface area contributed by atoms with Crippen molar-refractivity contribution >= 4 is 0 Å². The van der Waals surface area contributed by atoms with Gasteiger partial charge in [-0.2, -0.15) is 0 Å². The number of benzene rings is 1. The van der Waals surface area contributed by atoms with Crippen LogP contribution in [-0.4, -0.2) is 30.6 Å². The highest BCUT2D eigenvalue weighted by atomic mass is 15.1. The van der Waals surface area contributed by atoms with Crippen molar-refractivity contribution in [2.24, 2.45) is 0 Å². The van der Waals surface area contributed by atoms with Crippen LogP contribution in [0.4, 0.5) is 0 Å². The maximum Gasteiger partial charge on any atom is 0.0234 e. The zero-order valence-electron chi connectivity index (χ0n) is 13.0. The zero-order valence-corrected chi connectivity index (χ0v) is 13.0. The quantitative estimate of drug-likeness (QED) is 0.760. The number of hydrogen-bond acceptors (Lipinski definition) is 2. The van der Waals surface area contributed by atoms with Gasteiger partial charge in [-0.25, -0.2) is 0 Å². The van der Waals surface area contributed by atoms with Crippen LogP contribution < -0.4 is 5.32 Å². The molecule has 1 aliphatic carbocycles. The maximum atomic E-state index is 3.77. The molecule has 1 aliphatic rings. The molecule has 0 aliphatic heterocycles. The molecule has 0 amide bonds. The number of likely N-dealkylation sites (N-methyl/N-ethyl adjacent to an activating group) is 1. The van der Waals surface area contributed by atoms with Crippen molar-refractivity contribution in [1.29, 1.82) is 0 Å². The van der Waals surface area contributed by atoms with Gasteiger partial charge in [-0.15, -0.1) is 0 Å². The summed E-state index contributed by atoms with van der Waals surface area (Å²) in [6.07, 6.45) is 8.47. The van der Waals surface area contributed by atoms with Gasteiger partial charge in [-0.1, -0.05) is 62.9 Å². The van der Waals surface area contributed by atoms with Crippen LogP contribution in [0.2, 0.25) is 0 Å². The Balaban J connectivity index is 1.68. The predicted molar refractivity (Wildman–Crippen MR) is 86.9 cm³/mol. The summed E-state index contributed by atoms with van der Waals surface area (Å²) in [7, 11) is 0. The largest absolute Gasteiger partial charge is 0.313 e. The van der Waals surface area contributed by atoms with Crippen LogP contribution in [0.15, 0.2) is 30.3 Å². The minimum Gasteiger partial charge on any atom is -0.313 e. The molecule has 0 saturated heterocycles. The van der Waals surface area contributed by atoms with E-state index in [1.54, 1.807) is 0 Å². The van der Waals surface area contributed by atoms with E-state index in [0.717, 1.165) is 32.2 Å². The van der Waals surface area contributed by atoms with Gasteiger partial charge >= 0.3 is 0 Å². The molecule has 0 heterocycles. The summed E-state index contributed by atoms with van der Waals surface area (Å²) in [5, 5.41) is 3.77. The Hall–Kier alpha value is -0.860. The first-order valence-electron chi connectivity index (χ1n) is 8.38. The maximum absolute atomic E-state index is 3.77. The van der Waals surface area contributed by atoms with Gasteiger partial charge in [-0.05, 0) is 24.9 Å². The van der Waals surface area contributed by atoms with Gasteiger partial charge in [0.2, 0.25) is 0 Å². The highest BCUT2D eigenvalue weighted by Gasteiger charge is 2.11. The molecule has 0 spiro atoms. The summed E-state index contributed by atoms with van der Waals surface area (Å²) in [4.78, 5) is 2.53. The van der Waals surface area contributed by atoms with E-state index in [-0.39, 0.29) is 0 Å². The lowest BCUT2D eigenvalue weighted by Crippen LogP contribution is -2.36. The normalized spacial score (nSPS) is 17.3. The standard InChI is InChI=1S/C18H30N2/c1-2-20(16-17-10-6-5-7-11-17)15-14-19-18-12-8-3-4-9-13-18/h5-7,10-11,18-19H,2-4,8-9,12-16H2,1H3. The van der Waals surface area contributed by atoms with Crippen molar-refractivity contribution in [2.75, 3.05) is 19.6 Å². The van der Waals surface area contributed by atoms with E-state index in [4.69, 9.17) is 0 Å². The topological polar surface area (TPSA) is 15.3 Å². The Morgan fingerprint density at radius 1 is 1.05 bits per heavy atom. The Morgan fingerprint density at radius 2 is 1.75 bits per heavy atom. The SMILES string of the molecule is CCN(CCNC1CCCCCC1)Cc1ccccc1. The van der Waals surface area contributed by atoms with E-state index in [2.05, 4.69) is 47.5 Å². The van der Waals surface area contributed by atoms with Gasteiger partial charge in [0.1, 0.15) is 0 Å². The molecule has 0 aromatic heterocycles. The first-order valence-corrected chi connectivity index (χ1v) is 8.38. The highest BCUT2D eigenvalue weighted by Crippen LogP contribution is 2.17. The molecule has 1 aromatic rings. The van der Waals surface area contributed by atoms with E-state index >= 15 is 0 Å². The molecular formula is C18H30N2. The van der Waals surface area contributed by atoms with Gasteiger partial charge in [0.05, 0.1) is 0 Å². The lowest BCUT2D eigenvalue weighted by atomic mass is 10.1. The van der Waals surface area contributed by atoms with Gasteiger partial charge in [0, 0.05) is 25.7 Å². The van der Waals surface area contributed by atoms with Gasteiger partial charge in [-0.3, -0.25) is 4.90 Å². The minimum atomic E-state index is 0.771. The second-order valence-electron chi connectivity index (χ2n) is 6.00. The average molecular weight is 274 g/mol. The third-order valence-electron chi connectivity index (χ3n) is 4.41. The molecule has 2 nitrogen and oxygen atoms in total. The van der Waals surface area contributed by atoms with E-state index in [0.29, 0.717) is 0 Å². The van der Waals surface area contributed by atoms with E-state index < -0.39 is 0 Å². The van der Waals surface area contributed by atoms with Crippen molar-refractivity contribution in [3.05, 3.63) is 35.9 Å². The van der Waals surface area contributed by atoms with Crippen molar-refractivity contribution in [1.82, 2.24) is 10.2 Å². The summed E-state index contributed by atoms with van der Waals surface area (Å²) in [5.41, 5.74) is 1.42. The Labute approximate surface area is 124 Å². The van der Waals surface area contributed by atoms with E-state index in [1.165, 1.54) is 44.1 Å². The first-order chi connectivity index (χ1) is 9.88. The van der Waals surface area contributed by atoms with Crippen LogP contribution in [0.3, 0.4) is 0 Å². The van der Waals surface area contributed by atoms with Gasteiger partial charge < -0.3 is 5.32 Å². The summed E-state index contributed by atoms with van der Waals surface area (Å²) in [6.45, 7) is 6.74.